The monoisotopic (exact) mass is 210 g/mol. The van der Waals surface area contributed by atoms with E-state index >= 15 is 0 Å². The molecule has 2 nitrogen and oxygen atoms in total. The molecule has 2 rings (SSSR count). The largest absolute Gasteiger partial charge is 0.501 e. The summed E-state index contributed by atoms with van der Waals surface area (Å²) in [6, 6.07) is 0. The van der Waals surface area contributed by atoms with Gasteiger partial charge in [0.05, 0.1) is 12.9 Å². The number of hydrogen-bond donors (Lipinski definition) is 0. The van der Waals surface area contributed by atoms with E-state index in [0.29, 0.717) is 5.41 Å². The van der Waals surface area contributed by atoms with Gasteiger partial charge in [-0.1, -0.05) is 6.92 Å². The van der Waals surface area contributed by atoms with Gasteiger partial charge in [0, 0.05) is 18.6 Å². The van der Waals surface area contributed by atoms with Crippen LogP contribution in [0.5, 0.6) is 0 Å². The van der Waals surface area contributed by atoms with Gasteiger partial charge < -0.3 is 9.47 Å². The SMILES string of the molecule is CC1(COC=C2CCCC2)CCOCC1. The summed E-state index contributed by atoms with van der Waals surface area (Å²) < 4.78 is 11.1. The van der Waals surface area contributed by atoms with E-state index in [1.807, 2.05) is 6.26 Å². The topological polar surface area (TPSA) is 18.5 Å². The summed E-state index contributed by atoms with van der Waals surface area (Å²) in [6.45, 7) is 4.97. The fourth-order valence-electron chi connectivity index (χ4n) is 2.32. The van der Waals surface area contributed by atoms with E-state index in [2.05, 4.69) is 6.92 Å². The first kappa shape index (κ1) is 11.0. The van der Waals surface area contributed by atoms with Crippen molar-refractivity contribution in [2.45, 2.75) is 45.4 Å². The summed E-state index contributed by atoms with van der Waals surface area (Å²) in [4.78, 5) is 0. The molecular weight excluding hydrogens is 188 g/mol. The molecule has 15 heavy (non-hydrogen) atoms. The third-order valence-corrected chi connectivity index (χ3v) is 3.63. The Morgan fingerprint density at radius 2 is 1.93 bits per heavy atom. The highest BCUT2D eigenvalue weighted by Gasteiger charge is 2.27. The van der Waals surface area contributed by atoms with Crippen molar-refractivity contribution < 1.29 is 9.47 Å². The zero-order valence-electron chi connectivity index (χ0n) is 9.76. The molecule has 1 saturated heterocycles. The Balaban J connectivity index is 1.74. The normalized spacial score (nSPS) is 25.3. The van der Waals surface area contributed by atoms with Crippen LogP contribution in [0.4, 0.5) is 0 Å². The molecule has 0 aromatic rings. The molecular formula is C13H22O2. The van der Waals surface area contributed by atoms with Gasteiger partial charge in [-0.3, -0.25) is 0 Å². The van der Waals surface area contributed by atoms with Gasteiger partial charge in [0.25, 0.3) is 0 Å². The molecule has 1 heterocycles. The van der Waals surface area contributed by atoms with E-state index in [9.17, 15) is 0 Å². The van der Waals surface area contributed by atoms with Crippen molar-refractivity contribution in [3.8, 4) is 0 Å². The maximum Gasteiger partial charge on any atom is 0.0928 e. The molecule has 0 N–H and O–H groups in total. The van der Waals surface area contributed by atoms with Crippen molar-refractivity contribution in [2.24, 2.45) is 5.41 Å². The summed E-state index contributed by atoms with van der Waals surface area (Å²) in [5.74, 6) is 0. The number of hydrogen-bond acceptors (Lipinski definition) is 2. The lowest BCUT2D eigenvalue weighted by Crippen LogP contribution is -2.30. The fraction of sp³-hybridized carbons (Fsp3) is 0.846. The average Bonchev–Trinajstić information content (AvgIpc) is 2.71. The molecule has 0 atom stereocenters. The van der Waals surface area contributed by atoms with E-state index in [4.69, 9.17) is 9.47 Å². The van der Waals surface area contributed by atoms with Crippen LogP contribution < -0.4 is 0 Å². The molecule has 0 radical (unpaired) electrons. The predicted molar refractivity (Wildman–Crippen MR) is 60.7 cm³/mol. The molecule has 0 amide bonds. The van der Waals surface area contributed by atoms with Crippen LogP contribution in [0.1, 0.15) is 45.4 Å². The molecule has 2 fully saturated rings. The van der Waals surface area contributed by atoms with E-state index in [1.165, 1.54) is 31.3 Å². The highest BCUT2D eigenvalue weighted by molar-refractivity contribution is 5.02. The molecule has 2 aliphatic rings. The standard InChI is InChI=1S/C13H22O2/c1-13(6-8-14-9-7-13)11-15-10-12-4-2-3-5-12/h10H,2-9,11H2,1H3. The molecule has 0 aromatic heterocycles. The highest BCUT2D eigenvalue weighted by atomic mass is 16.5. The van der Waals surface area contributed by atoms with E-state index in [1.54, 1.807) is 0 Å². The van der Waals surface area contributed by atoms with Crippen molar-refractivity contribution in [1.82, 2.24) is 0 Å². The van der Waals surface area contributed by atoms with Crippen LogP contribution in [0.3, 0.4) is 0 Å². The first-order valence-electron chi connectivity index (χ1n) is 6.16. The van der Waals surface area contributed by atoms with Crippen LogP contribution in [0.15, 0.2) is 11.8 Å². The van der Waals surface area contributed by atoms with E-state index < -0.39 is 0 Å². The quantitative estimate of drug-likeness (QED) is 0.665. The minimum absolute atomic E-state index is 0.341. The molecule has 0 aromatic carbocycles. The summed E-state index contributed by atoms with van der Waals surface area (Å²) in [5.41, 5.74) is 1.85. The van der Waals surface area contributed by atoms with Gasteiger partial charge in [0.1, 0.15) is 0 Å². The molecule has 2 heteroatoms. The lowest BCUT2D eigenvalue weighted by atomic mass is 9.83. The van der Waals surface area contributed by atoms with Crippen LogP contribution in [-0.2, 0) is 9.47 Å². The summed E-state index contributed by atoms with van der Waals surface area (Å²) in [7, 11) is 0. The Kier molecular flexibility index (Phi) is 3.68. The van der Waals surface area contributed by atoms with Crippen molar-refractivity contribution >= 4 is 0 Å². The lowest BCUT2D eigenvalue weighted by Gasteiger charge is -2.32. The molecule has 1 aliphatic heterocycles. The molecule has 0 unspecified atom stereocenters. The Hall–Kier alpha value is -0.500. The van der Waals surface area contributed by atoms with Gasteiger partial charge in [0.15, 0.2) is 0 Å². The minimum Gasteiger partial charge on any atom is -0.501 e. The lowest BCUT2D eigenvalue weighted by molar-refractivity contribution is -0.00944. The van der Waals surface area contributed by atoms with Crippen molar-refractivity contribution in [3.63, 3.8) is 0 Å². The third kappa shape index (κ3) is 3.23. The highest BCUT2D eigenvalue weighted by Crippen LogP contribution is 2.30. The van der Waals surface area contributed by atoms with Crippen LogP contribution in [0.25, 0.3) is 0 Å². The molecule has 0 spiro atoms. The van der Waals surface area contributed by atoms with Crippen molar-refractivity contribution in [2.75, 3.05) is 19.8 Å². The Morgan fingerprint density at radius 1 is 1.27 bits per heavy atom. The second kappa shape index (κ2) is 5.02. The first-order chi connectivity index (χ1) is 7.29. The number of allylic oxidation sites excluding steroid dienone is 1. The smallest absolute Gasteiger partial charge is 0.0928 e. The van der Waals surface area contributed by atoms with Crippen LogP contribution in [0, 0.1) is 5.41 Å². The second-order valence-electron chi connectivity index (χ2n) is 5.22. The van der Waals surface area contributed by atoms with Crippen molar-refractivity contribution in [1.29, 1.82) is 0 Å². The Bertz CT molecular complexity index is 219. The van der Waals surface area contributed by atoms with E-state index in [0.717, 1.165) is 32.7 Å². The predicted octanol–water partition coefficient (Wildman–Crippen LogP) is 3.28. The van der Waals surface area contributed by atoms with Gasteiger partial charge >= 0.3 is 0 Å². The maximum absolute atomic E-state index is 5.74. The van der Waals surface area contributed by atoms with Gasteiger partial charge in [-0.15, -0.1) is 0 Å². The first-order valence-corrected chi connectivity index (χ1v) is 6.16. The van der Waals surface area contributed by atoms with Gasteiger partial charge in [-0.2, -0.15) is 0 Å². The molecule has 1 aliphatic carbocycles. The average molecular weight is 210 g/mol. The molecule has 1 saturated carbocycles. The van der Waals surface area contributed by atoms with E-state index in [-0.39, 0.29) is 0 Å². The molecule has 0 bridgehead atoms. The zero-order valence-corrected chi connectivity index (χ0v) is 9.76. The summed E-state index contributed by atoms with van der Waals surface area (Å²) in [5, 5.41) is 0. The van der Waals surface area contributed by atoms with Gasteiger partial charge in [0.2, 0.25) is 0 Å². The number of rotatable bonds is 3. The molecule has 86 valence electrons. The van der Waals surface area contributed by atoms with Gasteiger partial charge in [-0.25, -0.2) is 0 Å². The zero-order chi connectivity index (χ0) is 10.6. The maximum atomic E-state index is 5.74. The number of ether oxygens (including phenoxy) is 2. The minimum atomic E-state index is 0.341. The Labute approximate surface area is 92.6 Å². The van der Waals surface area contributed by atoms with Crippen LogP contribution >= 0.6 is 0 Å². The second-order valence-corrected chi connectivity index (χ2v) is 5.22. The summed E-state index contributed by atoms with van der Waals surface area (Å²) >= 11 is 0. The van der Waals surface area contributed by atoms with Crippen LogP contribution in [0.2, 0.25) is 0 Å². The van der Waals surface area contributed by atoms with Crippen LogP contribution in [-0.4, -0.2) is 19.8 Å². The Morgan fingerprint density at radius 3 is 2.60 bits per heavy atom. The fourth-order valence-corrected chi connectivity index (χ4v) is 2.32. The summed E-state index contributed by atoms with van der Waals surface area (Å²) in [6.07, 6.45) is 9.49. The third-order valence-electron chi connectivity index (χ3n) is 3.63. The van der Waals surface area contributed by atoms with Gasteiger partial charge in [-0.05, 0) is 44.1 Å². The van der Waals surface area contributed by atoms with Crippen molar-refractivity contribution in [3.05, 3.63) is 11.8 Å².